The maximum atomic E-state index is 12.4. The van der Waals surface area contributed by atoms with E-state index in [0.29, 0.717) is 24.0 Å². The van der Waals surface area contributed by atoms with Gasteiger partial charge in [0.15, 0.2) is 6.54 Å². The molecule has 1 atom stereocenters. The van der Waals surface area contributed by atoms with E-state index in [-0.39, 0.29) is 5.91 Å². The summed E-state index contributed by atoms with van der Waals surface area (Å²) in [6.07, 6.45) is 15.3. The second-order valence-corrected chi connectivity index (χ2v) is 9.41. The third kappa shape index (κ3) is 3.31. The van der Waals surface area contributed by atoms with Gasteiger partial charge in [-0.3, -0.25) is 4.79 Å². The minimum absolute atomic E-state index is 0.277. The summed E-state index contributed by atoms with van der Waals surface area (Å²) >= 11 is 0. The number of rotatable bonds is 5. The molecule has 0 spiro atoms. The Balaban J connectivity index is 1.29. The van der Waals surface area contributed by atoms with E-state index in [0.717, 1.165) is 17.8 Å². The predicted molar refractivity (Wildman–Crippen MR) is 91.9 cm³/mol. The summed E-state index contributed by atoms with van der Waals surface area (Å²) < 4.78 is 0. The molecule has 0 aromatic heterocycles. The van der Waals surface area contributed by atoms with Crippen LogP contribution in [0.25, 0.3) is 0 Å². The van der Waals surface area contributed by atoms with Crippen molar-refractivity contribution < 1.29 is 10.1 Å². The van der Waals surface area contributed by atoms with Gasteiger partial charge in [-0.1, -0.05) is 6.42 Å². The van der Waals surface area contributed by atoms with E-state index < -0.39 is 0 Å². The van der Waals surface area contributed by atoms with Crippen LogP contribution in [0.15, 0.2) is 0 Å². The first kappa shape index (κ1) is 15.9. The number of nitrogens with two attached hydrogens (primary N) is 1. The van der Waals surface area contributed by atoms with E-state index in [1.54, 1.807) is 0 Å². The molecule has 1 amide bonds. The van der Waals surface area contributed by atoms with Crippen LogP contribution in [0.1, 0.15) is 77.6 Å². The number of quaternary nitrogens is 1. The normalized spacial score (nSPS) is 41.0. The molecule has 5 aliphatic carbocycles. The summed E-state index contributed by atoms with van der Waals surface area (Å²) in [4.78, 5) is 12.4. The van der Waals surface area contributed by atoms with E-state index in [9.17, 15) is 4.79 Å². The highest BCUT2D eigenvalue weighted by Gasteiger charge is 2.53. The molecule has 3 nitrogen and oxygen atoms in total. The Bertz CT molecular complexity index is 406. The van der Waals surface area contributed by atoms with Gasteiger partial charge in [0, 0.05) is 6.04 Å². The molecule has 130 valence electrons. The molecular formula is C20H35N2O+. The summed E-state index contributed by atoms with van der Waals surface area (Å²) in [5, 5.41) is 5.71. The van der Waals surface area contributed by atoms with Gasteiger partial charge in [0.05, 0.1) is 6.04 Å². The second-order valence-electron chi connectivity index (χ2n) is 9.41. The van der Waals surface area contributed by atoms with E-state index in [1.165, 1.54) is 70.6 Å². The van der Waals surface area contributed by atoms with Crippen molar-refractivity contribution in [2.24, 2.45) is 23.2 Å². The molecule has 0 aromatic carbocycles. The zero-order chi connectivity index (χ0) is 15.9. The van der Waals surface area contributed by atoms with Crippen LogP contribution in [0.2, 0.25) is 0 Å². The standard InChI is InChI=1S/C20H34N2O/c1-14(22-19(23)13-21-18-5-3-2-4-6-18)20-10-15-7-16(11-20)9-17(8-15)12-20/h14-18,21H,2-13H2,1H3,(H,22,23)/p+1/t14-,15?,16?,17?,20?/m0/s1. The Labute approximate surface area is 141 Å². The minimum atomic E-state index is 0.277. The topological polar surface area (TPSA) is 45.7 Å². The molecule has 5 rings (SSSR count). The van der Waals surface area contributed by atoms with Crippen molar-refractivity contribution in [1.29, 1.82) is 0 Å². The molecule has 0 aliphatic heterocycles. The second kappa shape index (κ2) is 6.38. The SMILES string of the molecule is C[C@H](NC(=O)C[NH2+]C1CCCCC1)C12CC3CC(CC(C3)C1)C2. The maximum absolute atomic E-state index is 12.4. The summed E-state index contributed by atoms with van der Waals surface area (Å²) in [5.74, 6) is 3.18. The first-order valence-corrected chi connectivity index (χ1v) is 10.3. The highest BCUT2D eigenvalue weighted by Crippen LogP contribution is 2.61. The Morgan fingerprint density at radius 3 is 2.17 bits per heavy atom. The highest BCUT2D eigenvalue weighted by molar-refractivity contribution is 5.77. The molecule has 3 heteroatoms. The first-order valence-electron chi connectivity index (χ1n) is 10.3. The number of hydrogen-bond acceptors (Lipinski definition) is 1. The van der Waals surface area contributed by atoms with Crippen LogP contribution in [-0.4, -0.2) is 24.5 Å². The molecule has 5 aliphatic rings. The third-order valence-corrected chi connectivity index (χ3v) is 7.67. The van der Waals surface area contributed by atoms with Gasteiger partial charge in [0.2, 0.25) is 0 Å². The van der Waals surface area contributed by atoms with E-state index in [4.69, 9.17) is 0 Å². The lowest BCUT2D eigenvalue weighted by Gasteiger charge is -2.59. The van der Waals surface area contributed by atoms with Gasteiger partial charge >= 0.3 is 0 Å². The van der Waals surface area contributed by atoms with Gasteiger partial charge in [-0.15, -0.1) is 0 Å². The van der Waals surface area contributed by atoms with Crippen molar-refractivity contribution in [2.45, 2.75) is 89.6 Å². The van der Waals surface area contributed by atoms with Gasteiger partial charge in [-0.25, -0.2) is 0 Å². The smallest absolute Gasteiger partial charge is 0.275 e. The third-order valence-electron chi connectivity index (χ3n) is 7.67. The van der Waals surface area contributed by atoms with E-state index in [2.05, 4.69) is 17.6 Å². The molecule has 0 heterocycles. The lowest BCUT2D eigenvalue weighted by atomic mass is 9.48. The molecule has 0 unspecified atom stereocenters. The average Bonchev–Trinajstić information content (AvgIpc) is 2.52. The van der Waals surface area contributed by atoms with Gasteiger partial charge < -0.3 is 10.6 Å². The monoisotopic (exact) mass is 319 g/mol. The van der Waals surface area contributed by atoms with Gasteiger partial charge in [0.25, 0.3) is 5.91 Å². The molecule has 0 saturated heterocycles. The Kier molecular flexibility index (Phi) is 4.42. The summed E-state index contributed by atoms with van der Waals surface area (Å²) in [7, 11) is 0. The van der Waals surface area contributed by atoms with Crippen LogP contribution in [0.4, 0.5) is 0 Å². The van der Waals surface area contributed by atoms with Crippen molar-refractivity contribution in [1.82, 2.24) is 5.32 Å². The fourth-order valence-corrected chi connectivity index (χ4v) is 6.81. The van der Waals surface area contributed by atoms with Gasteiger partial charge in [-0.2, -0.15) is 0 Å². The summed E-state index contributed by atoms with van der Waals surface area (Å²) in [6.45, 7) is 2.94. The van der Waals surface area contributed by atoms with Crippen molar-refractivity contribution in [3.63, 3.8) is 0 Å². The lowest BCUT2D eigenvalue weighted by molar-refractivity contribution is -0.681. The molecule has 3 N–H and O–H groups in total. The quantitative estimate of drug-likeness (QED) is 0.804. The predicted octanol–water partition coefficient (Wildman–Crippen LogP) is 2.60. The fraction of sp³-hybridized carbons (Fsp3) is 0.950. The molecule has 0 aromatic rings. The van der Waals surface area contributed by atoms with Crippen LogP contribution in [0.5, 0.6) is 0 Å². The van der Waals surface area contributed by atoms with Crippen LogP contribution < -0.4 is 10.6 Å². The van der Waals surface area contributed by atoms with Crippen molar-refractivity contribution >= 4 is 5.91 Å². The van der Waals surface area contributed by atoms with Crippen LogP contribution in [0, 0.1) is 23.2 Å². The summed E-state index contributed by atoms with van der Waals surface area (Å²) in [5.41, 5.74) is 0.440. The minimum Gasteiger partial charge on any atom is -0.348 e. The number of amides is 1. The molecule has 23 heavy (non-hydrogen) atoms. The van der Waals surface area contributed by atoms with Crippen molar-refractivity contribution in [2.75, 3.05) is 6.54 Å². The van der Waals surface area contributed by atoms with Gasteiger partial charge in [0.1, 0.15) is 0 Å². The van der Waals surface area contributed by atoms with Gasteiger partial charge in [-0.05, 0) is 94.3 Å². The zero-order valence-corrected chi connectivity index (χ0v) is 14.9. The van der Waals surface area contributed by atoms with Crippen LogP contribution in [-0.2, 0) is 4.79 Å². The largest absolute Gasteiger partial charge is 0.348 e. The van der Waals surface area contributed by atoms with Crippen LogP contribution >= 0.6 is 0 Å². The number of carbonyl (C=O) groups excluding carboxylic acids is 1. The average molecular weight is 320 g/mol. The highest BCUT2D eigenvalue weighted by atomic mass is 16.2. The summed E-state index contributed by atoms with van der Waals surface area (Å²) in [6, 6.07) is 1.08. The van der Waals surface area contributed by atoms with Crippen molar-refractivity contribution in [3.05, 3.63) is 0 Å². The van der Waals surface area contributed by atoms with E-state index in [1.807, 2.05) is 0 Å². The van der Waals surface area contributed by atoms with Crippen molar-refractivity contribution in [3.8, 4) is 0 Å². The molecular weight excluding hydrogens is 284 g/mol. The maximum Gasteiger partial charge on any atom is 0.275 e. The Morgan fingerprint density at radius 2 is 1.61 bits per heavy atom. The zero-order valence-electron chi connectivity index (χ0n) is 14.9. The molecule has 5 fully saturated rings. The van der Waals surface area contributed by atoms with E-state index >= 15 is 0 Å². The molecule has 5 saturated carbocycles. The lowest BCUT2D eigenvalue weighted by Crippen LogP contribution is -2.92. The Morgan fingerprint density at radius 1 is 1.04 bits per heavy atom. The first-order chi connectivity index (χ1) is 11.1. The molecule has 4 bridgehead atoms. The number of hydrogen-bond donors (Lipinski definition) is 2. The number of carbonyl (C=O) groups is 1. The fourth-order valence-electron chi connectivity index (χ4n) is 6.81. The Hall–Kier alpha value is -0.570. The molecule has 0 radical (unpaired) electrons. The van der Waals surface area contributed by atoms with Crippen LogP contribution in [0.3, 0.4) is 0 Å². The number of nitrogens with one attached hydrogen (secondary N) is 1.